The molecule has 0 aromatic heterocycles. The van der Waals surface area contributed by atoms with Crippen LogP contribution in [0.2, 0.25) is 0 Å². The van der Waals surface area contributed by atoms with Crippen molar-refractivity contribution in [2.75, 3.05) is 22.9 Å². The number of carbonyl (C=O) groups excluding carboxylic acids is 2. The molecule has 2 aromatic carbocycles. The van der Waals surface area contributed by atoms with Gasteiger partial charge in [-0.3, -0.25) is 9.59 Å². The maximum absolute atomic E-state index is 13.2. The first-order valence-electron chi connectivity index (χ1n) is 25.8. The van der Waals surface area contributed by atoms with Gasteiger partial charge in [-0.15, -0.1) is 0 Å². The zero-order valence-electron chi connectivity index (χ0n) is 40.0. The van der Waals surface area contributed by atoms with Crippen molar-refractivity contribution in [3.8, 4) is 0 Å². The van der Waals surface area contributed by atoms with Gasteiger partial charge >= 0.3 is 63.2 Å². The number of aliphatic hydroxyl groups is 2. The second-order valence-electron chi connectivity index (χ2n) is 22.9. The Bertz CT molecular complexity index is 1820. The average molecular weight is 1010 g/mol. The molecule has 5 N–H and O–H groups in total. The van der Waals surface area contributed by atoms with Gasteiger partial charge in [0, 0.05) is 23.2 Å². The number of hydrogen-bond donors (Lipinski definition) is 4. The van der Waals surface area contributed by atoms with E-state index in [9.17, 15) is 19.8 Å². The van der Waals surface area contributed by atoms with Gasteiger partial charge in [0.05, 0.1) is 23.1 Å². The molecule has 6 nitrogen and oxygen atoms in total. The van der Waals surface area contributed by atoms with Crippen molar-refractivity contribution in [2.45, 2.75) is 169 Å². The molecule has 16 atom stereocenters. The van der Waals surface area contributed by atoms with Crippen molar-refractivity contribution in [2.24, 2.45) is 81.8 Å². The van der Waals surface area contributed by atoms with E-state index in [0.717, 1.165) is 109 Å². The molecule has 0 spiro atoms. The molecule has 9 heteroatoms. The van der Waals surface area contributed by atoms with Crippen LogP contribution in [0, 0.1) is 81.8 Å². The van der Waals surface area contributed by atoms with Gasteiger partial charge in [0.2, 0.25) is 0 Å². The number of benzene rings is 2. The van der Waals surface area contributed by atoms with Crippen molar-refractivity contribution in [1.29, 1.82) is 0 Å². The van der Waals surface area contributed by atoms with Gasteiger partial charge in [-0.25, -0.2) is 0 Å². The summed E-state index contributed by atoms with van der Waals surface area (Å²) in [5.74, 6) is 9.41. The first-order chi connectivity index (χ1) is 30.1. The van der Waals surface area contributed by atoms with Crippen LogP contribution in [0.5, 0.6) is 0 Å². The standard InChI is InChI=1S/C27H39NO2.C21H33BrO2.C6H7N.2CH4.2K/c1-26(30)14-12-20-18(16-26)8-9-22-21(20)13-15-27(2)23(22)10-11-24(27)25(29)17-28-19-6-4-3-5-7-19;1-20(24)9-7-14-13(11-20)3-4-16-15(14)8-10-21(2)17(16)5-6-18(21)19(23)12-22;7-6-4-2-1-3-5-6;;;;/h3-7,18,20-24,28,30H,8-17H2,1-2H3;13-18,24H,3-12H2,1-2H3;1-5H,7H2;2*1H4;;/t18-,20-,21+,22+,23-,24+,26+,27-;13-,14-,15+,16+,17-,18+,20+,21-;;;;;/m00...../s1. The molecule has 8 aliphatic carbocycles. The first-order valence-corrected chi connectivity index (χ1v) is 42.9. The molecule has 0 unspecified atom stereocenters. The van der Waals surface area contributed by atoms with Gasteiger partial charge in [0.15, 0.2) is 5.78 Å². The number of hydrogen-bond acceptors (Lipinski definition) is 6. The van der Waals surface area contributed by atoms with Crippen LogP contribution in [0.15, 0.2) is 60.7 Å². The number of alkyl halides is 1. The number of para-hydroxylation sites is 2. The summed E-state index contributed by atoms with van der Waals surface area (Å²) in [5.41, 5.74) is 6.83. The number of fused-ring (bicyclic) bond motifs is 10. The summed E-state index contributed by atoms with van der Waals surface area (Å²) in [6.45, 7) is 9.43. The van der Waals surface area contributed by atoms with Crippen molar-refractivity contribution in [3.05, 3.63) is 60.7 Å². The summed E-state index contributed by atoms with van der Waals surface area (Å²) in [7, 11) is 0. The van der Waals surface area contributed by atoms with Gasteiger partial charge in [0.1, 0.15) is 5.78 Å². The summed E-state index contributed by atoms with van der Waals surface area (Å²) in [5, 5.41) is 25.0. The summed E-state index contributed by atoms with van der Waals surface area (Å²) in [6, 6.07) is 19.6. The van der Waals surface area contributed by atoms with E-state index in [0.29, 0.717) is 29.4 Å². The van der Waals surface area contributed by atoms with Crippen LogP contribution < -0.4 is 11.1 Å². The van der Waals surface area contributed by atoms with Gasteiger partial charge in [-0.05, 0) is 224 Å². The fourth-order valence-corrected chi connectivity index (χ4v) is 17.0. The molecular formula is C56H87BrK2N2O4. The van der Waals surface area contributed by atoms with Crippen LogP contribution in [0.1, 0.15) is 158 Å². The number of nitrogen functional groups attached to an aromatic ring is 1. The monoisotopic (exact) mass is 1010 g/mol. The maximum atomic E-state index is 13.2. The number of nitrogens with two attached hydrogens (primary N) is 1. The molecule has 354 valence electrons. The third-order valence-corrected chi connectivity index (χ3v) is 20.0. The number of nitrogens with one attached hydrogen (secondary N) is 1. The molecule has 2 aromatic rings. The summed E-state index contributed by atoms with van der Waals surface area (Å²) in [6.07, 6.45) is 21.5. The quantitative estimate of drug-likeness (QED) is 0.130. The fourth-order valence-electron chi connectivity index (χ4n) is 16.6. The number of Topliss-reactive ketones (excluding diaryl/α,β-unsaturated/α-hetero) is 2. The van der Waals surface area contributed by atoms with Crippen molar-refractivity contribution >= 4 is 102 Å². The van der Waals surface area contributed by atoms with Crippen LogP contribution in [-0.2, 0) is 9.59 Å². The van der Waals surface area contributed by atoms with Crippen LogP contribution >= 0.6 is 15.9 Å². The first kappa shape index (κ1) is 57.0. The molecule has 10 rings (SSSR count). The summed E-state index contributed by atoms with van der Waals surface area (Å²) < 4.78 is 0. The molecule has 0 amide bonds. The third kappa shape index (κ3) is 12.8. The van der Waals surface area contributed by atoms with Crippen molar-refractivity contribution < 1.29 is 19.8 Å². The van der Waals surface area contributed by atoms with Crippen LogP contribution in [0.25, 0.3) is 0 Å². The number of rotatable bonds is 6. The number of halogens is 1. The van der Waals surface area contributed by atoms with E-state index >= 15 is 0 Å². The molecule has 65 heavy (non-hydrogen) atoms. The van der Waals surface area contributed by atoms with Gasteiger partial charge < -0.3 is 21.3 Å². The average Bonchev–Trinajstić information content (AvgIpc) is 3.83. The molecule has 8 saturated carbocycles. The van der Waals surface area contributed by atoms with Gasteiger partial charge in [-0.1, -0.05) is 81.0 Å². The fraction of sp³-hybridized carbons (Fsp3) is 0.750. The molecule has 0 heterocycles. The number of anilines is 2. The summed E-state index contributed by atoms with van der Waals surface area (Å²) in [4.78, 5) is 25.7. The molecule has 0 radical (unpaired) electrons. The van der Waals surface area contributed by atoms with Crippen molar-refractivity contribution in [1.82, 2.24) is 0 Å². The van der Waals surface area contributed by atoms with Crippen LogP contribution in [0.4, 0.5) is 11.4 Å². The Balaban J connectivity index is 0.000000203. The van der Waals surface area contributed by atoms with Crippen LogP contribution in [-0.4, -0.2) is 108 Å². The molecule has 8 aliphatic rings. The van der Waals surface area contributed by atoms with Crippen molar-refractivity contribution in [3.63, 3.8) is 0 Å². The Kier molecular flexibility index (Phi) is 21.6. The Morgan fingerprint density at radius 2 is 1.00 bits per heavy atom. The molecule has 0 saturated heterocycles. The predicted octanol–water partition coefficient (Wildman–Crippen LogP) is 12.4. The van der Waals surface area contributed by atoms with E-state index in [1.54, 1.807) is 0 Å². The van der Waals surface area contributed by atoms with E-state index in [1.165, 1.54) is 140 Å². The Morgan fingerprint density at radius 1 is 0.585 bits per heavy atom. The number of carbonyl (C=O) groups is 2. The molecule has 0 aliphatic heterocycles. The van der Waals surface area contributed by atoms with E-state index < -0.39 is 11.2 Å². The SMILES string of the molecule is C.C.C[C@@]1(O)CC[C@H]2[C@@H](CC[C@@H]3[C@@H]2CC[C@]2(C)[C@@H](C(=O)CBr)CC[C@@H]32)C1.C[C@@]1(O)CC[C@H]2[C@@H](CC[C@@H]3[C@@H]2CC[C@]2(C)[C@@H](C(=O)CNc4ccccc4)CC[C@@H]32)C1.Nc1ccccc1.[K][K]. The second-order valence-corrected chi connectivity index (χ2v) is 23.5. The third-order valence-electron chi connectivity index (χ3n) is 19.4. The number of ketones is 2. The zero-order valence-corrected chi connectivity index (χ0v) is 47.8. The minimum atomic E-state index is -0.437. The molecule has 8 fully saturated rings. The van der Waals surface area contributed by atoms with Gasteiger partial charge in [0.25, 0.3) is 0 Å². The van der Waals surface area contributed by atoms with Crippen LogP contribution in [0.3, 0.4) is 0 Å². The minimum absolute atomic E-state index is 0. The molecule has 0 bridgehead atoms. The Labute approximate surface area is 449 Å². The predicted molar refractivity (Wildman–Crippen MR) is 277 cm³/mol. The second kappa shape index (κ2) is 24.7. The van der Waals surface area contributed by atoms with Gasteiger partial charge in [-0.2, -0.15) is 0 Å². The van der Waals surface area contributed by atoms with E-state index in [-0.39, 0.29) is 31.6 Å². The van der Waals surface area contributed by atoms with E-state index in [2.05, 4.69) is 35.1 Å². The molecular weight excluding hydrogens is 923 g/mol. The Hall–Kier alpha value is 1.05. The Morgan fingerprint density at radius 3 is 1.42 bits per heavy atom. The van der Waals surface area contributed by atoms with E-state index in [4.69, 9.17) is 5.73 Å². The summed E-state index contributed by atoms with van der Waals surface area (Å²) >= 11 is 5.92. The zero-order chi connectivity index (χ0) is 45.2. The topological polar surface area (TPSA) is 113 Å². The normalized spacial score (nSPS) is 41.8. The van der Waals surface area contributed by atoms with E-state index in [1.807, 2.05) is 74.5 Å².